The maximum atomic E-state index is 11.4. The second-order valence-electron chi connectivity index (χ2n) is 7.53. The molecule has 2 aromatic rings. The van der Waals surface area contributed by atoms with E-state index in [0.717, 1.165) is 18.7 Å². The number of hydrogen-bond acceptors (Lipinski definition) is 5. The SMILES string of the molecule is CC(=O)OC(C)c1ccc2c(c1)N(CC(C)CN(C)C)c1ccccc1S2. The van der Waals surface area contributed by atoms with Crippen molar-refractivity contribution in [2.45, 2.75) is 36.7 Å². The van der Waals surface area contributed by atoms with Gasteiger partial charge in [-0.3, -0.25) is 4.79 Å². The molecule has 0 N–H and O–H groups in total. The molecule has 0 saturated heterocycles. The van der Waals surface area contributed by atoms with Gasteiger partial charge in [0, 0.05) is 29.8 Å². The van der Waals surface area contributed by atoms with E-state index >= 15 is 0 Å². The van der Waals surface area contributed by atoms with Crippen LogP contribution in [0, 0.1) is 5.92 Å². The van der Waals surface area contributed by atoms with Crippen LogP contribution in [0.1, 0.15) is 32.4 Å². The number of para-hydroxylation sites is 1. The van der Waals surface area contributed by atoms with Gasteiger partial charge < -0.3 is 14.5 Å². The van der Waals surface area contributed by atoms with Crippen molar-refractivity contribution in [3.8, 4) is 0 Å². The zero-order chi connectivity index (χ0) is 19.6. The number of anilines is 2. The van der Waals surface area contributed by atoms with Gasteiger partial charge in [0.25, 0.3) is 0 Å². The first-order valence-electron chi connectivity index (χ1n) is 9.35. The highest BCUT2D eigenvalue weighted by Gasteiger charge is 2.25. The van der Waals surface area contributed by atoms with Crippen LogP contribution in [0.5, 0.6) is 0 Å². The van der Waals surface area contributed by atoms with Gasteiger partial charge in [-0.15, -0.1) is 0 Å². The summed E-state index contributed by atoms with van der Waals surface area (Å²) in [6.45, 7) is 7.64. The summed E-state index contributed by atoms with van der Waals surface area (Å²) < 4.78 is 5.39. The van der Waals surface area contributed by atoms with Crippen LogP contribution in [0.3, 0.4) is 0 Å². The molecule has 3 rings (SSSR count). The predicted molar refractivity (Wildman–Crippen MR) is 112 cm³/mol. The molecular weight excluding hydrogens is 356 g/mol. The van der Waals surface area contributed by atoms with Crippen molar-refractivity contribution in [3.63, 3.8) is 0 Å². The fraction of sp³-hybridized carbons (Fsp3) is 0.409. The Kier molecular flexibility index (Phi) is 6.12. The number of esters is 1. The molecule has 2 atom stereocenters. The highest BCUT2D eigenvalue weighted by Crippen LogP contribution is 2.49. The number of carbonyl (C=O) groups excluding carboxylic acids is 1. The lowest BCUT2D eigenvalue weighted by Crippen LogP contribution is -2.31. The molecule has 27 heavy (non-hydrogen) atoms. The summed E-state index contributed by atoms with van der Waals surface area (Å²) >= 11 is 1.80. The van der Waals surface area contributed by atoms with Gasteiger partial charge >= 0.3 is 5.97 Å². The van der Waals surface area contributed by atoms with Gasteiger partial charge in [0.15, 0.2) is 0 Å². The molecule has 0 aliphatic carbocycles. The lowest BCUT2D eigenvalue weighted by Gasteiger charge is -2.35. The van der Waals surface area contributed by atoms with Crippen molar-refractivity contribution >= 4 is 29.1 Å². The summed E-state index contributed by atoms with van der Waals surface area (Å²) in [5, 5.41) is 0. The van der Waals surface area contributed by atoms with Crippen LogP contribution in [-0.4, -0.2) is 38.1 Å². The molecule has 1 heterocycles. The Morgan fingerprint density at radius 1 is 1.11 bits per heavy atom. The first-order chi connectivity index (χ1) is 12.8. The summed E-state index contributed by atoms with van der Waals surface area (Å²) in [6, 6.07) is 14.9. The first kappa shape index (κ1) is 19.8. The van der Waals surface area contributed by atoms with E-state index in [4.69, 9.17) is 4.74 Å². The van der Waals surface area contributed by atoms with Gasteiger partial charge in [-0.2, -0.15) is 0 Å². The van der Waals surface area contributed by atoms with Crippen LogP contribution in [0.15, 0.2) is 52.3 Å². The third-order valence-electron chi connectivity index (χ3n) is 4.63. The molecule has 0 saturated carbocycles. The minimum absolute atomic E-state index is 0.253. The van der Waals surface area contributed by atoms with Crippen LogP contribution in [0.4, 0.5) is 11.4 Å². The average molecular weight is 385 g/mol. The highest BCUT2D eigenvalue weighted by atomic mass is 32.2. The molecule has 0 fully saturated rings. The van der Waals surface area contributed by atoms with E-state index < -0.39 is 0 Å². The maximum absolute atomic E-state index is 11.4. The van der Waals surface area contributed by atoms with Crippen molar-refractivity contribution in [2.24, 2.45) is 5.92 Å². The lowest BCUT2D eigenvalue weighted by atomic mass is 10.1. The topological polar surface area (TPSA) is 32.8 Å². The van der Waals surface area contributed by atoms with Crippen LogP contribution in [0.2, 0.25) is 0 Å². The minimum atomic E-state index is -0.254. The van der Waals surface area contributed by atoms with Gasteiger partial charge in [0.2, 0.25) is 0 Å². The molecule has 0 radical (unpaired) electrons. The van der Waals surface area contributed by atoms with Gasteiger partial charge in [-0.05, 0) is 56.8 Å². The number of ether oxygens (including phenoxy) is 1. The normalized spacial score (nSPS) is 15.1. The first-order valence-corrected chi connectivity index (χ1v) is 10.2. The number of fused-ring (bicyclic) bond motifs is 2. The molecule has 0 spiro atoms. The van der Waals surface area contributed by atoms with Crippen molar-refractivity contribution < 1.29 is 9.53 Å². The van der Waals surface area contributed by atoms with E-state index in [0.29, 0.717) is 5.92 Å². The second kappa shape index (κ2) is 8.36. The van der Waals surface area contributed by atoms with E-state index in [2.05, 4.69) is 73.3 Å². The summed E-state index contributed by atoms with van der Waals surface area (Å²) in [6.07, 6.45) is -0.254. The Morgan fingerprint density at radius 2 is 1.81 bits per heavy atom. The zero-order valence-corrected chi connectivity index (χ0v) is 17.5. The molecule has 2 aromatic carbocycles. The Balaban J connectivity index is 1.97. The van der Waals surface area contributed by atoms with E-state index in [9.17, 15) is 4.79 Å². The standard InChI is InChI=1S/C22H28N2O2S/c1-15(13-23(4)5)14-24-19-8-6-7-9-21(19)27-22-11-10-18(12-20(22)24)16(2)26-17(3)25/h6-12,15-16H,13-14H2,1-5H3. The van der Waals surface area contributed by atoms with Crippen molar-refractivity contribution in [2.75, 3.05) is 32.1 Å². The Morgan fingerprint density at radius 3 is 2.52 bits per heavy atom. The molecule has 1 aliphatic rings. The minimum Gasteiger partial charge on any atom is -0.458 e. The summed E-state index contributed by atoms with van der Waals surface area (Å²) in [4.78, 5) is 18.5. The number of carbonyl (C=O) groups is 1. The number of rotatable bonds is 6. The molecule has 5 heteroatoms. The molecule has 0 aromatic heterocycles. The van der Waals surface area contributed by atoms with Crippen LogP contribution in [0.25, 0.3) is 0 Å². The van der Waals surface area contributed by atoms with Gasteiger partial charge in [-0.25, -0.2) is 0 Å². The molecule has 1 aliphatic heterocycles. The molecule has 2 unspecified atom stereocenters. The maximum Gasteiger partial charge on any atom is 0.303 e. The van der Waals surface area contributed by atoms with Crippen molar-refractivity contribution in [3.05, 3.63) is 48.0 Å². The summed E-state index contributed by atoms with van der Waals surface area (Å²) in [5.74, 6) is 0.259. The number of benzene rings is 2. The van der Waals surface area contributed by atoms with E-state index in [1.54, 1.807) is 11.8 Å². The van der Waals surface area contributed by atoms with E-state index in [-0.39, 0.29) is 12.1 Å². The van der Waals surface area contributed by atoms with E-state index in [1.165, 1.54) is 28.1 Å². The fourth-order valence-electron chi connectivity index (χ4n) is 3.61. The Bertz CT molecular complexity index is 822. The predicted octanol–water partition coefficient (Wildman–Crippen LogP) is 5.11. The summed E-state index contributed by atoms with van der Waals surface area (Å²) in [7, 11) is 4.23. The number of hydrogen-bond donors (Lipinski definition) is 0. The zero-order valence-electron chi connectivity index (χ0n) is 16.7. The molecule has 4 nitrogen and oxygen atoms in total. The van der Waals surface area contributed by atoms with Gasteiger partial charge in [-0.1, -0.05) is 36.9 Å². The number of nitrogens with zero attached hydrogens (tertiary/aromatic N) is 2. The van der Waals surface area contributed by atoms with Gasteiger partial charge in [0.1, 0.15) is 6.10 Å². The molecular formula is C22H28N2O2S. The largest absolute Gasteiger partial charge is 0.458 e. The second-order valence-corrected chi connectivity index (χ2v) is 8.61. The fourth-order valence-corrected chi connectivity index (χ4v) is 4.68. The van der Waals surface area contributed by atoms with Crippen molar-refractivity contribution in [1.29, 1.82) is 0 Å². The molecule has 144 valence electrons. The Hall–Kier alpha value is -1.98. The van der Waals surface area contributed by atoms with Crippen LogP contribution in [-0.2, 0) is 9.53 Å². The molecule has 0 amide bonds. The smallest absolute Gasteiger partial charge is 0.303 e. The Labute approximate surface area is 166 Å². The van der Waals surface area contributed by atoms with Crippen LogP contribution >= 0.6 is 11.8 Å². The van der Waals surface area contributed by atoms with E-state index in [1.807, 2.05) is 6.92 Å². The highest BCUT2D eigenvalue weighted by molar-refractivity contribution is 7.99. The quantitative estimate of drug-likeness (QED) is 0.646. The average Bonchev–Trinajstić information content (AvgIpc) is 2.60. The summed E-state index contributed by atoms with van der Waals surface area (Å²) in [5.41, 5.74) is 3.47. The molecule has 0 bridgehead atoms. The van der Waals surface area contributed by atoms with Gasteiger partial charge in [0.05, 0.1) is 11.4 Å². The third-order valence-corrected chi connectivity index (χ3v) is 5.76. The third kappa shape index (κ3) is 4.66. The lowest BCUT2D eigenvalue weighted by molar-refractivity contribution is -0.145. The monoisotopic (exact) mass is 384 g/mol. The van der Waals surface area contributed by atoms with Crippen molar-refractivity contribution in [1.82, 2.24) is 4.90 Å². The van der Waals surface area contributed by atoms with Crippen LogP contribution < -0.4 is 4.90 Å².